The van der Waals surface area contributed by atoms with E-state index in [-0.39, 0.29) is 0 Å². The van der Waals surface area contributed by atoms with Gasteiger partial charge in [-0.25, -0.2) is 4.98 Å². The van der Waals surface area contributed by atoms with Crippen molar-refractivity contribution in [3.05, 3.63) is 54.7 Å². The van der Waals surface area contributed by atoms with E-state index >= 15 is 0 Å². The number of benzene rings is 1. The summed E-state index contributed by atoms with van der Waals surface area (Å²) >= 11 is 5.01. The number of imidazole rings is 1. The first kappa shape index (κ1) is 12.9. The summed E-state index contributed by atoms with van der Waals surface area (Å²) < 4.78 is 4.35. The van der Waals surface area contributed by atoms with Crippen molar-refractivity contribution in [2.45, 2.75) is 19.5 Å². The summed E-state index contributed by atoms with van der Waals surface area (Å²) in [5, 5.41) is 1.18. The van der Waals surface area contributed by atoms with Crippen LogP contribution in [0.25, 0.3) is 10.9 Å². The van der Waals surface area contributed by atoms with Gasteiger partial charge in [0.25, 0.3) is 0 Å². The van der Waals surface area contributed by atoms with Gasteiger partial charge < -0.3 is 14.9 Å². The molecular formula is C15H16N4S. The Balaban J connectivity index is 1.73. The van der Waals surface area contributed by atoms with E-state index in [4.69, 9.17) is 18.0 Å². The highest BCUT2D eigenvalue weighted by molar-refractivity contribution is 7.80. The zero-order chi connectivity index (χ0) is 13.9. The lowest BCUT2D eigenvalue weighted by atomic mass is 10.1. The van der Waals surface area contributed by atoms with Crippen molar-refractivity contribution < 1.29 is 0 Å². The van der Waals surface area contributed by atoms with Gasteiger partial charge in [-0.1, -0.05) is 12.2 Å². The minimum Gasteiger partial charge on any atom is -0.389 e. The van der Waals surface area contributed by atoms with E-state index in [9.17, 15) is 0 Å². The van der Waals surface area contributed by atoms with Crippen molar-refractivity contribution in [3.63, 3.8) is 0 Å². The number of hydrogen-bond acceptors (Lipinski definition) is 2. The number of nitrogens with two attached hydrogens (primary N) is 1. The van der Waals surface area contributed by atoms with Crippen molar-refractivity contribution >= 4 is 28.1 Å². The second-order valence-electron chi connectivity index (χ2n) is 4.80. The fourth-order valence-corrected chi connectivity index (χ4v) is 2.52. The first-order valence-corrected chi connectivity index (χ1v) is 6.99. The fourth-order valence-electron chi connectivity index (χ4n) is 2.39. The summed E-state index contributed by atoms with van der Waals surface area (Å²) in [7, 11) is 0. The number of thiocarbonyl (C=S) groups is 1. The second-order valence-corrected chi connectivity index (χ2v) is 5.24. The molecule has 0 aliphatic rings. The van der Waals surface area contributed by atoms with Crippen molar-refractivity contribution in [1.82, 2.24) is 14.1 Å². The number of rotatable bonds is 5. The molecule has 102 valence electrons. The molecule has 0 bridgehead atoms. The summed E-state index contributed by atoms with van der Waals surface area (Å²) in [5.41, 5.74) is 7.80. The van der Waals surface area contributed by atoms with Crippen molar-refractivity contribution in [2.75, 3.05) is 0 Å². The van der Waals surface area contributed by atoms with Crippen molar-refractivity contribution in [2.24, 2.45) is 5.73 Å². The Hall–Kier alpha value is -2.14. The summed E-state index contributed by atoms with van der Waals surface area (Å²) in [4.78, 5) is 4.49. The Kier molecular flexibility index (Phi) is 3.52. The molecule has 0 saturated carbocycles. The molecular weight excluding hydrogens is 268 g/mol. The van der Waals surface area contributed by atoms with Gasteiger partial charge in [-0.2, -0.15) is 0 Å². The molecule has 0 unspecified atom stereocenters. The summed E-state index contributed by atoms with van der Waals surface area (Å²) in [5.74, 6) is 0. The van der Waals surface area contributed by atoms with Crippen LogP contribution in [-0.2, 0) is 13.1 Å². The first-order chi connectivity index (χ1) is 9.74. The SMILES string of the molecule is NC(=S)c1ccc2c(ccn2CCCn2ccnc2)c1. The van der Waals surface area contributed by atoms with E-state index < -0.39 is 0 Å². The third-order valence-electron chi connectivity index (χ3n) is 3.43. The van der Waals surface area contributed by atoms with E-state index in [1.807, 2.05) is 30.9 Å². The minimum absolute atomic E-state index is 0.444. The predicted octanol–water partition coefficient (Wildman–Crippen LogP) is 2.56. The zero-order valence-electron chi connectivity index (χ0n) is 11.1. The van der Waals surface area contributed by atoms with E-state index in [0.29, 0.717) is 4.99 Å². The lowest BCUT2D eigenvalue weighted by Gasteiger charge is -2.07. The van der Waals surface area contributed by atoms with Crippen LogP contribution < -0.4 is 5.73 Å². The number of aryl methyl sites for hydroxylation is 2. The molecule has 20 heavy (non-hydrogen) atoms. The fraction of sp³-hybridized carbons (Fsp3) is 0.200. The van der Waals surface area contributed by atoms with E-state index in [1.54, 1.807) is 0 Å². The minimum atomic E-state index is 0.444. The molecule has 3 aromatic rings. The number of hydrogen-bond donors (Lipinski definition) is 1. The van der Waals surface area contributed by atoms with Crippen LogP contribution in [0.2, 0.25) is 0 Å². The molecule has 0 saturated heterocycles. The third-order valence-corrected chi connectivity index (χ3v) is 3.67. The van der Waals surface area contributed by atoms with Gasteiger partial charge in [0.05, 0.1) is 6.33 Å². The monoisotopic (exact) mass is 284 g/mol. The molecule has 0 fully saturated rings. The van der Waals surface area contributed by atoms with Gasteiger partial charge in [0, 0.05) is 48.1 Å². The van der Waals surface area contributed by atoms with Crippen LogP contribution in [0, 0.1) is 0 Å². The third kappa shape index (κ3) is 2.58. The highest BCUT2D eigenvalue weighted by Gasteiger charge is 2.03. The molecule has 5 heteroatoms. The molecule has 2 N–H and O–H groups in total. The number of nitrogens with zero attached hydrogens (tertiary/aromatic N) is 3. The normalized spacial score (nSPS) is 11.0. The van der Waals surface area contributed by atoms with Crippen LogP contribution in [0.15, 0.2) is 49.2 Å². The molecule has 0 amide bonds. The molecule has 0 spiro atoms. The molecule has 4 nitrogen and oxygen atoms in total. The predicted molar refractivity (Wildman–Crippen MR) is 84.7 cm³/mol. The largest absolute Gasteiger partial charge is 0.389 e. The highest BCUT2D eigenvalue weighted by atomic mass is 32.1. The molecule has 1 aromatic carbocycles. The maximum atomic E-state index is 5.66. The van der Waals surface area contributed by atoms with E-state index in [0.717, 1.165) is 25.1 Å². The molecule has 0 atom stereocenters. The number of aromatic nitrogens is 3. The van der Waals surface area contributed by atoms with Gasteiger partial charge in [0.2, 0.25) is 0 Å². The Bertz CT molecular complexity index is 728. The van der Waals surface area contributed by atoms with Crippen LogP contribution in [0.5, 0.6) is 0 Å². The first-order valence-electron chi connectivity index (χ1n) is 6.58. The quantitative estimate of drug-likeness (QED) is 0.733. The van der Waals surface area contributed by atoms with E-state index in [2.05, 4.69) is 32.4 Å². The number of fused-ring (bicyclic) bond motifs is 1. The van der Waals surface area contributed by atoms with Gasteiger partial charge in [0.1, 0.15) is 4.99 Å². The highest BCUT2D eigenvalue weighted by Crippen LogP contribution is 2.18. The van der Waals surface area contributed by atoms with Gasteiger partial charge >= 0.3 is 0 Å². The van der Waals surface area contributed by atoms with E-state index in [1.165, 1.54) is 10.9 Å². The molecule has 3 rings (SSSR count). The van der Waals surface area contributed by atoms with Crippen LogP contribution in [-0.4, -0.2) is 19.1 Å². The van der Waals surface area contributed by atoms with Crippen LogP contribution in [0.4, 0.5) is 0 Å². The average Bonchev–Trinajstić information content (AvgIpc) is 3.08. The van der Waals surface area contributed by atoms with Crippen molar-refractivity contribution in [1.29, 1.82) is 0 Å². The maximum Gasteiger partial charge on any atom is 0.104 e. The van der Waals surface area contributed by atoms with Crippen LogP contribution in [0.1, 0.15) is 12.0 Å². The second kappa shape index (κ2) is 5.46. The standard InChI is InChI=1S/C15H16N4S/c16-15(20)13-2-3-14-12(10-13)4-8-19(14)7-1-6-18-9-5-17-11-18/h2-5,8-11H,1,6-7H2,(H2,16,20). The smallest absolute Gasteiger partial charge is 0.104 e. The van der Waals surface area contributed by atoms with Gasteiger partial charge in [-0.15, -0.1) is 0 Å². The Labute approximate surface area is 122 Å². The van der Waals surface area contributed by atoms with Gasteiger partial charge in [-0.3, -0.25) is 0 Å². The van der Waals surface area contributed by atoms with Gasteiger partial charge in [0.15, 0.2) is 0 Å². The molecule has 2 heterocycles. The topological polar surface area (TPSA) is 48.8 Å². The van der Waals surface area contributed by atoms with Crippen molar-refractivity contribution in [3.8, 4) is 0 Å². The molecule has 0 aliphatic heterocycles. The summed E-state index contributed by atoms with van der Waals surface area (Å²) in [6.07, 6.45) is 8.83. The zero-order valence-corrected chi connectivity index (χ0v) is 11.9. The van der Waals surface area contributed by atoms with Crippen LogP contribution in [0.3, 0.4) is 0 Å². The maximum absolute atomic E-state index is 5.66. The molecule has 0 radical (unpaired) electrons. The average molecular weight is 284 g/mol. The molecule has 0 aliphatic carbocycles. The lowest BCUT2D eigenvalue weighted by Crippen LogP contribution is -2.08. The molecule has 2 aromatic heterocycles. The Morgan fingerprint density at radius 1 is 1.20 bits per heavy atom. The Morgan fingerprint density at radius 3 is 2.85 bits per heavy atom. The lowest BCUT2D eigenvalue weighted by molar-refractivity contribution is 0.573. The van der Waals surface area contributed by atoms with Gasteiger partial charge in [-0.05, 0) is 30.7 Å². The Morgan fingerprint density at radius 2 is 2.10 bits per heavy atom. The summed E-state index contributed by atoms with van der Waals surface area (Å²) in [6.45, 7) is 1.96. The van der Waals surface area contributed by atoms with Crippen LogP contribution >= 0.6 is 12.2 Å². The summed E-state index contributed by atoms with van der Waals surface area (Å²) in [6, 6.07) is 8.22.